The van der Waals surface area contributed by atoms with Crippen LogP contribution in [0.5, 0.6) is 0 Å². The van der Waals surface area contributed by atoms with Gasteiger partial charge in [-0.3, -0.25) is 9.59 Å². The van der Waals surface area contributed by atoms with Gasteiger partial charge in [-0.1, -0.05) is 60.7 Å². The Kier molecular flexibility index (Phi) is 8.94. The van der Waals surface area contributed by atoms with Gasteiger partial charge in [0.05, 0.1) is 5.39 Å². The second-order valence-electron chi connectivity index (χ2n) is 10.1. The SMILES string of the molecule is CCn1cc(C(=O)O)c(=O)c2cnc(N3CCN(C(=O)[C@H](Cc4ccccc4)NC(=O)OCc4ccccc4)CC3)nc21. The molecule has 4 aromatic rings. The molecule has 2 aromatic heterocycles. The van der Waals surface area contributed by atoms with E-state index in [1.54, 1.807) is 9.47 Å². The van der Waals surface area contributed by atoms with E-state index >= 15 is 0 Å². The number of nitrogens with zero attached hydrogens (tertiary/aromatic N) is 5. The molecule has 0 aliphatic carbocycles. The third-order valence-electron chi connectivity index (χ3n) is 7.33. The van der Waals surface area contributed by atoms with Crippen molar-refractivity contribution in [3.05, 3.63) is 100.0 Å². The van der Waals surface area contributed by atoms with Crippen LogP contribution in [0.15, 0.2) is 77.9 Å². The van der Waals surface area contributed by atoms with E-state index in [0.29, 0.717) is 50.7 Å². The first kappa shape index (κ1) is 29.2. The van der Waals surface area contributed by atoms with Gasteiger partial charge in [-0.05, 0) is 18.1 Å². The number of hydrogen-bond donors (Lipinski definition) is 2. The number of aryl methyl sites for hydroxylation is 1. The molecule has 1 atom stereocenters. The summed E-state index contributed by atoms with van der Waals surface area (Å²) in [5.74, 6) is -1.14. The molecule has 0 saturated carbocycles. The minimum Gasteiger partial charge on any atom is -0.477 e. The number of hydrogen-bond acceptors (Lipinski definition) is 8. The number of carboxylic acids is 1. The number of amides is 2. The molecule has 12 nitrogen and oxygen atoms in total. The topological polar surface area (TPSA) is 147 Å². The van der Waals surface area contributed by atoms with Crippen LogP contribution in [0.25, 0.3) is 11.0 Å². The molecule has 0 bridgehead atoms. The van der Waals surface area contributed by atoms with Crippen molar-refractivity contribution in [1.29, 1.82) is 0 Å². The van der Waals surface area contributed by atoms with Crippen LogP contribution >= 0.6 is 0 Å². The number of piperazine rings is 1. The van der Waals surface area contributed by atoms with Gasteiger partial charge >= 0.3 is 12.1 Å². The fraction of sp³-hybridized carbons (Fsp3) is 0.290. The van der Waals surface area contributed by atoms with Crippen LogP contribution in [0.1, 0.15) is 28.4 Å². The average Bonchev–Trinajstić information content (AvgIpc) is 3.04. The average molecular weight is 585 g/mol. The van der Waals surface area contributed by atoms with Crippen LogP contribution < -0.4 is 15.6 Å². The lowest BCUT2D eigenvalue weighted by Gasteiger charge is -2.36. The molecule has 1 aliphatic heterocycles. The van der Waals surface area contributed by atoms with Crippen molar-refractivity contribution in [2.45, 2.75) is 32.5 Å². The van der Waals surface area contributed by atoms with E-state index in [-0.39, 0.29) is 23.5 Å². The Morgan fingerprint density at radius 1 is 0.977 bits per heavy atom. The molecule has 12 heteroatoms. The summed E-state index contributed by atoms with van der Waals surface area (Å²) in [6.07, 6.45) is 2.29. The third kappa shape index (κ3) is 6.80. The first-order valence-electron chi connectivity index (χ1n) is 14.0. The Morgan fingerprint density at radius 2 is 1.63 bits per heavy atom. The summed E-state index contributed by atoms with van der Waals surface area (Å²) < 4.78 is 7.00. The van der Waals surface area contributed by atoms with E-state index in [0.717, 1.165) is 11.1 Å². The Bertz CT molecular complexity index is 1670. The highest BCUT2D eigenvalue weighted by molar-refractivity contribution is 5.91. The normalized spacial score (nSPS) is 13.9. The zero-order chi connectivity index (χ0) is 30.3. The molecule has 1 saturated heterocycles. The molecule has 0 unspecified atom stereocenters. The zero-order valence-electron chi connectivity index (χ0n) is 23.7. The van der Waals surface area contributed by atoms with Gasteiger partial charge in [0.15, 0.2) is 0 Å². The van der Waals surface area contributed by atoms with E-state index < -0.39 is 23.5 Å². The number of pyridine rings is 1. The van der Waals surface area contributed by atoms with Crippen molar-refractivity contribution in [3.8, 4) is 0 Å². The molecule has 2 amide bonds. The van der Waals surface area contributed by atoms with Crippen molar-refractivity contribution < 1.29 is 24.2 Å². The number of ether oxygens (including phenoxy) is 1. The molecule has 2 N–H and O–H groups in total. The van der Waals surface area contributed by atoms with Crippen molar-refractivity contribution in [1.82, 2.24) is 24.8 Å². The van der Waals surface area contributed by atoms with E-state index in [4.69, 9.17) is 4.74 Å². The Labute approximate surface area is 247 Å². The number of aromatic nitrogens is 3. The highest BCUT2D eigenvalue weighted by Gasteiger charge is 2.30. The van der Waals surface area contributed by atoms with Crippen LogP contribution in [-0.4, -0.2) is 74.7 Å². The van der Waals surface area contributed by atoms with Crippen molar-refractivity contribution in [2.24, 2.45) is 0 Å². The fourth-order valence-corrected chi connectivity index (χ4v) is 5.01. The number of alkyl carbamates (subject to hydrolysis) is 1. The number of fused-ring (bicyclic) bond motifs is 1. The lowest BCUT2D eigenvalue weighted by molar-refractivity contribution is -0.133. The number of carbonyl (C=O) groups excluding carboxylic acids is 2. The van der Waals surface area contributed by atoms with Gasteiger partial charge in [0, 0.05) is 51.5 Å². The molecule has 3 heterocycles. The van der Waals surface area contributed by atoms with Gasteiger partial charge in [-0.2, -0.15) is 4.98 Å². The van der Waals surface area contributed by atoms with E-state index in [2.05, 4.69) is 15.3 Å². The maximum absolute atomic E-state index is 13.7. The Balaban J connectivity index is 1.27. The molecule has 2 aromatic carbocycles. The summed E-state index contributed by atoms with van der Waals surface area (Å²) in [7, 11) is 0. The number of nitrogens with one attached hydrogen (secondary N) is 1. The summed E-state index contributed by atoms with van der Waals surface area (Å²) in [5.41, 5.74) is 1.13. The number of rotatable bonds is 9. The summed E-state index contributed by atoms with van der Waals surface area (Å²) in [5, 5.41) is 12.3. The molecule has 0 radical (unpaired) electrons. The summed E-state index contributed by atoms with van der Waals surface area (Å²) in [4.78, 5) is 63.1. The Morgan fingerprint density at radius 3 is 2.26 bits per heavy atom. The molecule has 43 heavy (non-hydrogen) atoms. The van der Waals surface area contributed by atoms with Gasteiger partial charge < -0.3 is 29.5 Å². The van der Waals surface area contributed by atoms with Crippen LogP contribution in [0, 0.1) is 0 Å². The molecule has 222 valence electrons. The minimum absolute atomic E-state index is 0.0901. The molecule has 1 aliphatic rings. The summed E-state index contributed by atoms with van der Waals surface area (Å²) in [6, 6.07) is 17.9. The van der Waals surface area contributed by atoms with Crippen LogP contribution in [0.3, 0.4) is 0 Å². The predicted molar refractivity (Wildman–Crippen MR) is 159 cm³/mol. The van der Waals surface area contributed by atoms with E-state index in [9.17, 15) is 24.3 Å². The van der Waals surface area contributed by atoms with Gasteiger partial charge in [0.25, 0.3) is 0 Å². The number of benzene rings is 2. The molecule has 5 rings (SSSR count). The van der Waals surface area contributed by atoms with E-state index in [1.807, 2.05) is 72.5 Å². The maximum atomic E-state index is 13.7. The lowest BCUT2D eigenvalue weighted by Crippen LogP contribution is -2.56. The number of carbonyl (C=O) groups is 3. The van der Waals surface area contributed by atoms with Gasteiger partial charge in [-0.15, -0.1) is 0 Å². The first-order valence-corrected chi connectivity index (χ1v) is 14.0. The van der Waals surface area contributed by atoms with Crippen molar-refractivity contribution in [3.63, 3.8) is 0 Å². The summed E-state index contributed by atoms with van der Waals surface area (Å²) in [6.45, 7) is 3.93. The summed E-state index contributed by atoms with van der Waals surface area (Å²) >= 11 is 0. The first-order chi connectivity index (χ1) is 20.8. The van der Waals surface area contributed by atoms with Gasteiger partial charge in [0.2, 0.25) is 17.3 Å². The quantitative estimate of drug-likeness (QED) is 0.303. The van der Waals surface area contributed by atoms with Crippen LogP contribution in [-0.2, 0) is 29.1 Å². The Hall–Kier alpha value is -5.26. The molecule has 0 spiro atoms. The number of anilines is 1. The molecule has 1 fully saturated rings. The highest BCUT2D eigenvalue weighted by Crippen LogP contribution is 2.17. The predicted octanol–water partition coefficient (Wildman–Crippen LogP) is 2.70. The van der Waals surface area contributed by atoms with Crippen molar-refractivity contribution >= 4 is 35.0 Å². The van der Waals surface area contributed by atoms with Crippen LogP contribution in [0.4, 0.5) is 10.7 Å². The standard InChI is InChI=1S/C31H32N6O6/c1-2-35-19-24(29(40)41)26(38)23-18-32-30(34-27(23)35)37-15-13-36(14-16-37)28(39)25(17-21-9-5-3-6-10-21)33-31(42)43-20-22-11-7-4-8-12-22/h3-12,18-19,25H,2,13-17,20H2,1H3,(H,33,42)(H,40,41)/t25-/m0/s1. The third-order valence-corrected chi connectivity index (χ3v) is 7.33. The van der Waals surface area contributed by atoms with Crippen molar-refractivity contribution in [2.75, 3.05) is 31.1 Å². The fourth-order valence-electron chi connectivity index (χ4n) is 5.01. The second-order valence-corrected chi connectivity index (χ2v) is 10.1. The monoisotopic (exact) mass is 584 g/mol. The number of carboxylic acid groups (broad SMARTS) is 1. The van der Waals surface area contributed by atoms with Crippen LogP contribution in [0.2, 0.25) is 0 Å². The van der Waals surface area contributed by atoms with Gasteiger partial charge in [0.1, 0.15) is 23.9 Å². The second kappa shape index (κ2) is 13.1. The zero-order valence-corrected chi connectivity index (χ0v) is 23.7. The highest BCUT2D eigenvalue weighted by atomic mass is 16.5. The largest absolute Gasteiger partial charge is 0.477 e. The lowest BCUT2D eigenvalue weighted by atomic mass is 10.0. The number of aromatic carboxylic acids is 1. The van der Waals surface area contributed by atoms with Gasteiger partial charge in [-0.25, -0.2) is 14.6 Å². The maximum Gasteiger partial charge on any atom is 0.408 e. The molecular formula is C31H32N6O6. The smallest absolute Gasteiger partial charge is 0.408 e. The molecular weight excluding hydrogens is 552 g/mol. The van der Waals surface area contributed by atoms with E-state index in [1.165, 1.54) is 12.4 Å². The minimum atomic E-state index is -1.30.